The van der Waals surface area contributed by atoms with Gasteiger partial charge in [0.15, 0.2) is 0 Å². The molecule has 2 rings (SSSR count). The highest BCUT2D eigenvalue weighted by atomic mass is 16.5. The molecule has 94 valence electrons. The first kappa shape index (κ1) is 12.4. The van der Waals surface area contributed by atoms with Gasteiger partial charge in [0.1, 0.15) is 5.75 Å². The fraction of sp³-hybridized carbons (Fsp3) is 0.571. The predicted molar refractivity (Wildman–Crippen MR) is 68.3 cm³/mol. The molecule has 1 atom stereocenters. The van der Waals surface area contributed by atoms with Crippen molar-refractivity contribution in [2.45, 2.75) is 32.4 Å². The number of hydrogen-bond acceptors (Lipinski definition) is 3. The van der Waals surface area contributed by atoms with Crippen LogP contribution in [-0.2, 0) is 11.3 Å². The first-order chi connectivity index (χ1) is 8.38. The van der Waals surface area contributed by atoms with Gasteiger partial charge in [-0.3, -0.25) is 0 Å². The summed E-state index contributed by atoms with van der Waals surface area (Å²) in [5.41, 5.74) is 1.29. The molecule has 17 heavy (non-hydrogen) atoms. The Balaban J connectivity index is 1.77. The van der Waals surface area contributed by atoms with Crippen molar-refractivity contribution in [3.63, 3.8) is 0 Å². The molecule has 0 radical (unpaired) electrons. The number of ether oxygens (including phenoxy) is 2. The maximum absolute atomic E-state index is 5.44. The van der Waals surface area contributed by atoms with Crippen molar-refractivity contribution in [2.75, 3.05) is 19.8 Å². The van der Waals surface area contributed by atoms with Crippen molar-refractivity contribution in [3.05, 3.63) is 29.8 Å². The van der Waals surface area contributed by atoms with E-state index in [-0.39, 0.29) is 0 Å². The molecule has 1 unspecified atom stereocenters. The van der Waals surface area contributed by atoms with E-state index in [1.807, 2.05) is 19.1 Å². The van der Waals surface area contributed by atoms with E-state index in [1.54, 1.807) is 0 Å². The minimum absolute atomic E-state index is 0.510. The van der Waals surface area contributed by atoms with E-state index in [0.717, 1.165) is 32.1 Å². The van der Waals surface area contributed by atoms with Gasteiger partial charge in [0.25, 0.3) is 0 Å². The Hall–Kier alpha value is -1.06. The maximum Gasteiger partial charge on any atom is 0.119 e. The molecule has 3 nitrogen and oxygen atoms in total. The van der Waals surface area contributed by atoms with E-state index in [4.69, 9.17) is 9.47 Å². The highest BCUT2D eigenvalue weighted by Crippen LogP contribution is 2.13. The van der Waals surface area contributed by atoms with E-state index in [2.05, 4.69) is 17.4 Å². The van der Waals surface area contributed by atoms with Crippen LogP contribution in [0.4, 0.5) is 0 Å². The van der Waals surface area contributed by atoms with Crippen LogP contribution >= 0.6 is 0 Å². The normalized spacial score (nSPS) is 20.2. The summed E-state index contributed by atoms with van der Waals surface area (Å²) < 4.78 is 10.9. The van der Waals surface area contributed by atoms with Crippen molar-refractivity contribution >= 4 is 0 Å². The van der Waals surface area contributed by atoms with Crippen LogP contribution < -0.4 is 10.1 Å². The summed E-state index contributed by atoms with van der Waals surface area (Å²) in [6.07, 6.45) is 2.39. The SMILES string of the molecule is CCOc1ccc(CNC2CCCOC2)cc1. The Morgan fingerprint density at radius 2 is 2.18 bits per heavy atom. The van der Waals surface area contributed by atoms with Crippen LogP contribution in [0.1, 0.15) is 25.3 Å². The number of benzene rings is 1. The average Bonchev–Trinajstić information content (AvgIpc) is 2.40. The van der Waals surface area contributed by atoms with Gasteiger partial charge in [-0.1, -0.05) is 12.1 Å². The lowest BCUT2D eigenvalue weighted by Crippen LogP contribution is -2.36. The fourth-order valence-electron chi connectivity index (χ4n) is 2.03. The summed E-state index contributed by atoms with van der Waals surface area (Å²) in [5.74, 6) is 0.942. The molecule has 1 fully saturated rings. The summed E-state index contributed by atoms with van der Waals surface area (Å²) in [4.78, 5) is 0. The van der Waals surface area contributed by atoms with Crippen LogP contribution in [-0.4, -0.2) is 25.9 Å². The third kappa shape index (κ3) is 4.02. The Kier molecular flexibility index (Phi) is 4.83. The summed E-state index contributed by atoms with van der Waals surface area (Å²) in [6.45, 7) is 5.38. The number of hydrogen-bond donors (Lipinski definition) is 1. The van der Waals surface area contributed by atoms with Crippen LogP contribution in [0.25, 0.3) is 0 Å². The molecule has 0 aliphatic carbocycles. The zero-order chi connectivity index (χ0) is 11.9. The lowest BCUT2D eigenvalue weighted by Gasteiger charge is -2.23. The Morgan fingerprint density at radius 1 is 1.35 bits per heavy atom. The zero-order valence-corrected chi connectivity index (χ0v) is 10.4. The van der Waals surface area contributed by atoms with Crippen LogP contribution in [0.3, 0.4) is 0 Å². The molecule has 0 spiro atoms. The van der Waals surface area contributed by atoms with Gasteiger partial charge in [0.05, 0.1) is 13.2 Å². The monoisotopic (exact) mass is 235 g/mol. The molecule has 3 heteroatoms. The van der Waals surface area contributed by atoms with Crippen LogP contribution in [0.5, 0.6) is 5.75 Å². The van der Waals surface area contributed by atoms with E-state index >= 15 is 0 Å². The first-order valence-corrected chi connectivity index (χ1v) is 6.41. The molecule has 0 saturated carbocycles. The molecule has 1 aliphatic rings. The number of nitrogens with one attached hydrogen (secondary N) is 1. The maximum atomic E-state index is 5.44. The highest BCUT2D eigenvalue weighted by Gasteiger charge is 2.12. The standard InChI is InChI=1S/C14H21NO2/c1-2-17-14-7-5-12(6-8-14)10-15-13-4-3-9-16-11-13/h5-8,13,15H,2-4,9-11H2,1H3. The third-order valence-electron chi connectivity index (χ3n) is 2.99. The van der Waals surface area contributed by atoms with Gasteiger partial charge in [-0.15, -0.1) is 0 Å². The molecule has 1 aromatic rings. The smallest absolute Gasteiger partial charge is 0.119 e. The topological polar surface area (TPSA) is 30.5 Å². The quantitative estimate of drug-likeness (QED) is 0.850. The predicted octanol–water partition coefficient (Wildman–Crippen LogP) is 2.35. The Bertz CT molecular complexity index is 317. The minimum atomic E-state index is 0.510. The van der Waals surface area contributed by atoms with Gasteiger partial charge in [-0.2, -0.15) is 0 Å². The van der Waals surface area contributed by atoms with E-state index in [1.165, 1.54) is 18.4 Å². The summed E-state index contributed by atoms with van der Waals surface area (Å²) >= 11 is 0. The molecular weight excluding hydrogens is 214 g/mol. The second-order valence-electron chi connectivity index (χ2n) is 4.37. The van der Waals surface area contributed by atoms with Crippen molar-refractivity contribution in [1.82, 2.24) is 5.32 Å². The zero-order valence-electron chi connectivity index (χ0n) is 10.4. The number of rotatable bonds is 5. The molecule has 1 saturated heterocycles. The molecular formula is C14H21NO2. The molecule has 0 bridgehead atoms. The molecule has 1 aromatic carbocycles. The van der Waals surface area contributed by atoms with Gasteiger partial charge < -0.3 is 14.8 Å². The van der Waals surface area contributed by atoms with E-state index < -0.39 is 0 Å². The largest absolute Gasteiger partial charge is 0.494 e. The lowest BCUT2D eigenvalue weighted by atomic mass is 10.1. The van der Waals surface area contributed by atoms with Gasteiger partial charge in [0.2, 0.25) is 0 Å². The van der Waals surface area contributed by atoms with Crippen molar-refractivity contribution in [2.24, 2.45) is 0 Å². The van der Waals surface area contributed by atoms with Crippen LogP contribution in [0, 0.1) is 0 Å². The van der Waals surface area contributed by atoms with Crippen LogP contribution in [0.2, 0.25) is 0 Å². The second-order valence-corrected chi connectivity index (χ2v) is 4.37. The fourth-order valence-corrected chi connectivity index (χ4v) is 2.03. The summed E-state index contributed by atoms with van der Waals surface area (Å²) in [7, 11) is 0. The minimum Gasteiger partial charge on any atom is -0.494 e. The van der Waals surface area contributed by atoms with Gasteiger partial charge in [0, 0.05) is 19.2 Å². The highest BCUT2D eigenvalue weighted by molar-refractivity contribution is 5.27. The van der Waals surface area contributed by atoms with Gasteiger partial charge >= 0.3 is 0 Å². The summed E-state index contributed by atoms with van der Waals surface area (Å²) in [6, 6.07) is 8.79. The molecule has 0 aromatic heterocycles. The van der Waals surface area contributed by atoms with Gasteiger partial charge in [-0.05, 0) is 37.5 Å². The summed E-state index contributed by atoms with van der Waals surface area (Å²) in [5, 5.41) is 3.52. The molecule has 1 heterocycles. The van der Waals surface area contributed by atoms with Gasteiger partial charge in [-0.25, -0.2) is 0 Å². The molecule has 0 amide bonds. The third-order valence-corrected chi connectivity index (χ3v) is 2.99. The second kappa shape index (κ2) is 6.62. The van der Waals surface area contributed by atoms with Crippen LogP contribution in [0.15, 0.2) is 24.3 Å². The Labute approximate surface area is 103 Å². The van der Waals surface area contributed by atoms with Crippen molar-refractivity contribution in [3.8, 4) is 5.75 Å². The molecule has 1 N–H and O–H groups in total. The first-order valence-electron chi connectivity index (χ1n) is 6.41. The average molecular weight is 235 g/mol. The van der Waals surface area contributed by atoms with Crippen molar-refractivity contribution in [1.29, 1.82) is 0 Å². The van der Waals surface area contributed by atoms with E-state index in [9.17, 15) is 0 Å². The lowest BCUT2D eigenvalue weighted by molar-refractivity contribution is 0.0699. The molecule has 1 aliphatic heterocycles. The Morgan fingerprint density at radius 3 is 2.82 bits per heavy atom. The van der Waals surface area contributed by atoms with E-state index in [0.29, 0.717) is 6.04 Å². The van der Waals surface area contributed by atoms with Crippen molar-refractivity contribution < 1.29 is 9.47 Å².